The number of piperidine rings is 1. The minimum Gasteiger partial charge on any atom is -0.481 e. The summed E-state index contributed by atoms with van der Waals surface area (Å²) >= 11 is 0. The second-order valence-electron chi connectivity index (χ2n) is 5.56. The molecule has 0 aliphatic carbocycles. The monoisotopic (exact) mass is 323 g/mol. The van der Waals surface area contributed by atoms with Crippen LogP contribution in [0.1, 0.15) is 42.5 Å². The minimum atomic E-state index is -1.06. The van der Waals surface area contributed by atoms with E-state index in [0.29, 0.717) is 23.4 Å². The number of hydrogen-bond acceptors (Lipinski definition) is 3. The molecule has 1 aliphatic heterocycles. The van der Waals surface area contributed by atoms with Gasteiger partial charge < -0.3 is 10.0 Å². The number of aliphatic carboxylic acids is 1. The standard InChI is InChI=1S/C16H21NO4S/c1-22(21)14-8-5-12(6-9-14)16(20)17-11-3-2-4-13(17)7-10-15(18)19/h5-6,8-9,13H,2-4,7,10-11H2,1H3,(H,18,19)/t13-,22-/m0/s1. The Balaban J connectivity index is 2.10. The first kappa shape index (κ1) is 16.7. The maximum Gasteiger partial charge on any atom is 0.303 e. The quantitative estimate of drug-likeness (QED) is 0.902. The molecule has 1 heterocycles. The van der Waals surface area contributed by atoms with Gasteiger partial charge in [0.1, 0.15) is 0 Å². The Morgan fingerprint density at radius 3 is 2.55 bits per heavy atom. The molecule has 2 rings (SSSR count). The number of nitrogens with zero attached hydrogens (tertiary/aromatic N) is 1. The normalized spacial score (nSPS) is 19.7. The molecule has 1 saturated heterocycles. The van der Waals surface area contributed by atoms with Gasteiger partial charge in [0.25, 0.3) is 5.91 Å². The van der Waals surface area contributed by atoms with E-state index in [9.17, 15) is 13.8 Å². The summed E-state index contributed by atoms with van der Waals surface area (Å²) in [5, 5.41) is 8.84. The highest BCUT2D eigenvalue weighted by Crippen LogP contribution is 2.23. The maximum absolute atomic E-state index is 12.6. The van der Waals surface area contributed by atoms with Crippen LogP contribution in [0, 0.1) is 0 Å². The van der Waals surface area contributed by atoms with Gasteiger partial charge in [-0.2, -0.15) is 0 Å². The van der Waals surface area contributed by atoms with Crippen molar-refractivity contribution in [2.75, 3.05) is 12.8 Å². The summed E-state index contributed by atoms with van der Waals surface area (Å²) in [4.78, 5) is 25.9. The number of carbonyl (C=O) groups is 2. The third-order valence-corrected chi connectivity index (χ3v) is 4.95. The zero-order valence-corrected chi connectivity index (χ0v) is 13.5. The van der Waals surface area contributed by atoms with Crippen molar-refractivity contribution in [1.82, 2.24) is 4.90 Å². The smallest absolute Gasteiger partial charge is 0.303 e. The topological polar surface area (TPSA) is 74.7 Å². The average Bonchev–Trinajstić information content (AvgIpc) is 2.52. The fraction of sp³-hybridized carbons (Fsp3) is 0.500. The molecule has 1 amide bonds. The molecular formula is C16H21NO4S. The molecule has 1 aliphatic rings. The first-order chi connectivity index (χ1) is 10.5. The summed E-state index contributed by atoms with van der Waals surface area (Å²) in [7, 11) is -1.06. The van der Waals surface area contributed by atoms with Crippen LogP contribution in [-0.2, 0) is 15.6 Å². The van der Waals surface area contributed by atoms with Crippen molar-refractivity contribution >= 4 is 22.7 Å². The van der Waals surface area contributed by atoms with Gasteiger partial charge >= 0.3 is 5.97 Å². The molecule has 0 bridgehead atoms. The zero-order valence-electron chi connectivity index (χ0n) is 12.7. The fourth-order valence-electron chi connectivity index (χ4n) is 2.81. The van der Waals surface area contributed by atoms with E-state index >= 15 is 0 Å². The van der Waals surface area contributed by atoms with Gasteiger partial charge in [-0.25, -0.2) is 0 Å². The van der Waals surface area contributed by atoms with E-state index in [2.05, 4.69) is 0 Å². The number of benzene rings is 1. The van der Waals surface area contributed by atoms with Crippen LogP contribution < -0.4 is 0 Å². The molecule has 1 N–H and O–H groups in total. The fourth-order valence-corrected chi connectivity index (χ4v) is 3.33. The molecule has 5 nitrogen and oxygen atoms in total. The van der Waals surface area contributed by atoms with Gasteiger partial charge in [0.05, 0.1) is 0 Å². The van der Waals surface area contributed by atoms with Gasteiger partial charge in [-0.1, -0.05) is 0 Å². The number of carboxylic acid groups (broad SMARTS) is 1. The highest BCUT2D eigenvalue weighted by molar-refractivity contribution is 7.84. The lowest BCUT2D eigenvalue weighted by atomic mass is 9.97. The predicted octanol–water partition coefficient (Wildman–Crippen LogP) is 2.28. The summed E-state index contributed by atoms with van der Waals surface area (Å²) in [6.07, 6.45) is 5.02. The molecule has 0 unspecified atom stereocenters. The van der Waals surface area contributed by atoms with Gasteiger partial charge in [-0.15, -0.1) is 0 Å². The molecule has 120 valence electrons. The molecule has 0 aromatic heterocycles. The van der Waals surface area contributed by atoms with Crippen LogP contribution in [0.5, 0.6) is 0 Å². The Bertz CT molecular complexity index is 570. The van der Waals surface area contributed by atoms with Crippen LogP contribution >= 0.6 is 0 Å². The highest BCUT2D eigenvalue weighted by Gasteiger charge is 2.27. The largest absolute Gasteiger partial charge is 0.481 e. The minimum absolute atomic E-state index is 0.00247. The van der Waals surface area contributed by atoms with Gasteiger partial charge in [0.2, 0.25) is 0 Å². The van der Waals surface area contributed by atoms with Crippen LogP contribution in [0.3, 0.4) is 0 Å². The van der Waals surface area contributed by atoms with E-state index in [0.717, 1.165) is 19.3 Å². The third-order valence-electron chi connectivity index (χ3n) is 4.01. The van der Waals surface area contributed by atoms with Gasteiger partial charge in [-0.05, 0) is 49.9 Å². The summed E-state index contributed by atoms with van der Waals surface area (Å²) in [5.74, 6) is -0.892. The van der Waals surface area contributed by atoms with Gasteiger partial charge in [-0.3, -0.25) is 13.8 Å². The van der Waals surface area contributed by atoms with Crippen molar-refractivity contribution in [1.29, 1.82) is 0 Å². The number of carboxylic acids is 1. The summed E-state index contributed by atoms with van der Waals surface area (Å²) in [6.45, 7) is 0.671. The lowest BCUT2D eigenvalue weighted by molar-refractivity contribution is -0.137. The van der Waals surface area contributed by atoms with Crippen LogP contribution in [-0.4, -0.2) is 44.9 Å². The number of rotatable bonds is 5. The van der Waals surface area contributed by atoms with Crippen molar-refractivity contribution in [2.45, 2.75) is 43.0 Å². The molecule has 1 aromatic rings. The van der Waals surface area contributed by atoms with Crippen LogP contribution in [0.15, 0.2) is 29.2 Å². The number of carbonyl (C=O) groups excluding carboxylic acids is 1. The molecule has 6 heteroatoms. The second kappa shape index (κ2) is 7.54. The molecule has 0 radical (unpaired) electrons. The summed E-state index contributed by atoms with van der Waals surface area (Å²) < 4.78 is 11.4. The van der Waals surface area contributed by atoms with E-state index in [1.165, 1.54) is 0 Å². The van der Waals surface area contributed by atoms with Crippen LogP contribution in [0.25, 0.3) is 0 Å². The SMILES string of the molecule is C[S@](=O)c1ccc(C(=O)N2CCCC[C@H]2CCC(=O)O)cc1. The van der Waals surface area contributed by atoms with Gasteiger partial charge in [0.15, 0.2) is 0 Å². The molecule has 1 fully saturated rings. The highest BCUT2D eigenvalue weighted by atomic mass is 32.2. The number of amides is 1. The summed E-state index contributed by atoms with van der Waals surface area (Å²) in [5.41, 5.74) is 0.566. The zero-order chi connectivity index (χ0) is 16.1. The lowest BCUT2D eigenvalue weighted by Crippen LogP contribution is -2.43. The molecule has 1 aromatic carbocycles. The van der Waals surface area contributed by atoms with E-state index in [1.54, 1.807) is 35.4 Å². The number of hydrogen-bond donors (Lipinski definition) is 1. The van der Waals surface area contributed by atoms with E-state index in [-0.39, 0.29) is 18.4 Å². The Hall–Kier alpha value is -1.69. The number of likely N-dealkylation sites (tertiary alicyclic amines) is 1. The van der Waals surface area contributed by atoms with Crippen molar-refractivity contribution in [2.24, 2.45) is 0 Å². The van der Waals surface area contributed by atoms with Crippen molar-refractivity contribution in [3.63, 3.8) is 0 Å². The van der Waals surface area contributed by atoms with Gasteiger partial charge in [0, 0.05) is 46.5 Å². The van der Waals surface area contributed by atoms with Crippen LogP contribution in [0.4, 0.5) is 0 Å². The third kappa shape index (κ3) is 4.16. The predicted molar refractivity (Wildman–Crippen MR) is 84.3 cm³/mol. The van der Waals surface area contributed by atoms with E-state index in [4.69, 9.17) is 5.11 Å². The molecular weight excluding hydrogens is 302 g/mol. The molecule has 0 saturated carbocycles. The Kier molecular flexibility index (Phi) is 5.71. The Labute approximate surface area is 132 Å². The van der Waals surface area contributed by atoms with Crippen molar-refractivity contribution in [3.05, 3.63) is 29.8 Å². The lowest BCUT2D eigenvalue weighted by Gasteiger charge is -2.35. The van der Waals surface area contributed by atoms with E-state index < -0.39 is 16.8 Å². The van der Waals surface area contributed by atoms with Crippen molar-refractivity contribution < 1.29 is 18.9 Å². The van der Waals surface area contributed by atoms with Crippen LogP contribution in [0.2, 0.25) is 0 Å². The summed E-state index contributed by atoms with van der Waals surface area (Å²) in [6, 6.07) is 6.81. The Morgan fingerprint density at radius 1 is 1.27 bits per heavy atom. The average molecular weight is 323 g/mol. The van der Waals surface area contributed by atoms with E-state index in [1.807, 2.05) is 0 Å². The molecule has 0 spiro atoms. The first-order valence-corrected chi connectivity index (χ1v) is 9.01. The molecule has 22 heavy (non-hydrogen) atoms. The maximum atomic E-state index is 12.6. The molecule has 2 atom stereocenters. The van der Waals surface area contributed by atoms with Crippen molar-refractivity contribution in [3.8, 4) is 0 Å². The first-order valence-electron chi connectivity index (χ1n) is 7.45. The second-order valence-corrected chi connectivity index (χ2v) is 6.94. The Morgan fingerprint density at radius 2 is 1.95 bits per heavy atom.